The van der Waals surface area contributed by atoms with Crippen LogP contribution in [0.15, 0.2) is 59.9 Å². The lowest BCUT2D eigenvalue weighted by molar-refractivity contribution is 0.240. The lowest BCUT2D eigenvalue weighted by Crippen LogP contribution is -2.46. The summed E-state index contributed by atoms with van der Waals surface area (Å²) in [4.78, 5) is 10.2. The Kier molecular flexibility index (Phi) is 5.95. The van der Waals surface area contributed by atoms with Gasteiger partial charge in [0, 0.05) is 86.2 Å². The fraction of sp³-hybridized carbons (Fsp3) is 0.407. The minimum absolute atomic E-state index is 0.355. The summed E-state index contributed by atoms with van der Waals surface area (Å²) in [5, 5.41) is 8.94. The molecule has 0 spiro atoms. The van der Waals surface area contributed by atoms with E-state index in [2.05, 4.69) is 49.3 Å². The maximum Gasteiger partial charge on any atom is 0.175 e. The maximum absolute atomic E-state index is 11.8. The molecular weight excluding hydrogens is 486 g/mol. The van der Waals surface area contributed by atoms with Crippen molar-refractivity contribution in [1.29, 1.82) is 0 Å². The fourth-order valence-corrected chi connectivity index (χ4v) is 6.14. The molecule has 1 aromatic carbocycles. The Balaban J connectivity index is 1.25. The van der Waals surface area contributed by atoms with E-state index >= 15 is 0 Å². The van der Waals surface area contributed by atoms with E-state index in [1.54, 1.807) is 12.1 Å². The monoisotopic (exact) mass is 519 g/mol. The number of nitrogens with zero attached hydrogens (tertiary/aromatic N) is 6. The number of rotatable bonds is 6. The molecule has 4 heterocycles. The lowest BCUT2D eigenvalue weighted by Gasteiger charge is -2.37. The molecule has 1 aliphatic carbocycles. The first-order valence-electron chi connectivity index (χ1n) is 12.8. The summed E-state index contributed by atoms with van der Waals surface area (Å²) in [6.45, 7) is 3.42. The Hall–Kier alpha value is -3.37. The zero-order chi connectivity index (χ0) is 25.7. The number of aromatic nitrogens is 4. The zero-order valence-electron chi connectivity index (χ0n) is 21.5. The molecule has 0 atom stereocenters. The van der Waals surface area contributed by atoms with Crippen molar-refractivity contribution < 1.29 is 8.42 Å². The van der Waals surface area contributed by atoms with E-state index in [0.29, 0.717) is 17.0 Å². The van der Waals surface area contributed by atoms with Crippen LogP contribution in [0.5, 0.6) is 0 Å². The Morgan fingerprint density at radius 2 is 1.65 bits per heavy atom. The highest BCUT2D eigenvalue weighted by Crippen LogP contribution is 2.39. The molecule has 3 aromatic heterocycles. The first-order valence-corrected chi connectivity index (χ1v) is 14.7. The Morgan fingerprint density at radius 3 is 2.27 bits per heavy atom. The van der Waals surface area contributed by atoms with Crippen LogP contribution in [0.25, 0.3) is 22.2 Å². The van der Waals surface area contributed by atoms with Crippen LogP contribution in [-0.4, -0.2) is 73.3 Å². The predicted octanol–water partition coefficient (Wildman–Crippen LogP) is 3.09. The van der Waals surface area contributed by atoms with Gasteiger partial charge < -0.3 is 19.7 Å². The third-order valence-electron chi connectivity index (χ3n) is 7.83. The molecule has 0 unspecified atom stereocenters. The van der Waals surface area contributed by atoms with Crippen molar-refractivity contribution in [2.24, 2.45) is 7.05 Å². The summed E-state index contributed by atoms with van der Waals surface area (Å²) in [6.07, 6.45) is 9.69. The molecule has 0 bridgehead atoms. The highest BCUT2D eigenvalue weighted by molar-refractivity contribution is 7.90. The number of anilines is 2. The van der Waals surface area contributed by atoms with Crippen molar-refractivity contribution in [2.45, 2.75) is 29.8 Å². The first-order chi connectivity index (χ1) is 17.8. The summed E-state index contributed by atoms with van der Waals surface area (Å²) >= 11 is 0. The van der Waals surface area contributed by atoms with Gasteiger partial charge in [-0.3, -0.25) is 4.68 Å². The van der Waals surface area contributed by atoms with E-state index in [9.17, 15) is 8.42 Å². The van der Waals surface area contributed by atoms with Gasteiger partial charge in [-0.1, -0.05) is 0 Å². The SMILES string of the molecule is CN[C@H]1C[C@H](n2cc(-c3cnn(C)c3)c3ccc(N4CCN(c5ccc(S(C)(=O)=O)cc5)CC4)nc32)C1. The Bertz CT molecular complexity index is 1530. The molecule has 37 heavy (non-hydrogen) atoms. The van der Waals surface area contributed by atoms with Gasteiger partial charge >= 0.3 is 0 Å². The summed E-state index contributed by atoms with van der Waals surface area (Å²) in [6, 6.07) is 12.5. The highest BCUT2D eigenvalue weighted by atomic mass is 32.2. The number of sulfone groups is 1. The van der Waals surface area contributed by atoms with Gasteiger partial charge in [-0.05, 0) is 56.3 Å². The van der Waals surface area contributed by atoms with Gasteiger partial charge in [-0.25, -0.2) is 13.4 Å². The molecular formula is C27H33N7O2S. The molecule has 0 radical (unpaired) electrons. The van der Waals surface area contributed by atoms with Crippen LogP contribution >= 0.6 is 0 Å². The number of nitrogens with one attached hydrogen (secondary N) is 1. The van der Waals surface area contributed by atoms with Crippen molar-refractivity contribution in [3.8, 4) is 11.1 Å². The standard InChI is InChI=1S/C27H33N7O2S/c1-28-20-14-22(15-20)34-18-25(19-16-29-31(2)17-19)24-8-9-26(30-27(24)34)33-12-10-32(11-13-33)21-4-6-23(7-5-21)37(3,35)36/h4-9,16-18,20,22,28H,10-15H2,1-3H3/t20-,22-. The molecule has 6 rings (SSSR count). The molecule has 1 saturated carbocycles. The van der Waals surface area contributed by atoms with E-state index in [1.807, 2.05) is 37.1 Å². The molecule has 1 N–H and O–H groups in total. The van der Waals surface area contributed by atoms with Crippen molar-refractivity contribution in [2.75, 3.05) is 49.3 Å². The summed E-state index contributed by atoms with van der Waals surface area (Å²) < 4.78 is 27.8. The number of pyridine rings is 1. The van der Waals surface area contributed by atoms with E-state index in [1.165, 1.54) is 11.8 Å². The molecule has 194 valence electrons. The molecule has 2 fully saturated rings. The third kappa shape index (κ3) is 4.48. The van der Waals surface area contributed by atoms with E-state index < -0.39 is 9.84 Å². The Morgan fingerprint density at radius 1 is 0.946 bits per heavy atom. The normalized spacial score (nSPS) is 20.4. The van der Waals surface area contributed by atoms with Crippen LogP contribution in [0.1, 0.15) is 18.9 Å². The Labute approximate surface area is 217 Å². The number of hydrogen-bond donors (Lipinski definition) is 1. The van der Waals surface area contributed by atoms with Gasteiger partial charge in [0.1, 0.15) is 11.5 Å². The van der Waals surface area contributed by atoms with Crippen LogP contribution in [0.3, 0.4) is 0 Å². The molecule has 9 nitrogen and oxygen atoms in total. The van der Waals surface area contributed by atoms with Crippen LogP contribution in [0, 0.1) is 0 Å². The number of aryl methyl sites for hydroxylation is 1. The van der Waals surface area contributed by atoms with Crippen molar-refractivity contribution >= 4 is 32.4 Å². The van der Waals surface area contributed by atoms with Crippen molar-refractivity contribution in [1.82, 2.24) is 24.6 Å². The van der Waals surface area contributed by atoms with Crippen LogP contribution in [0.4, 0.5) is 11.5 Å². The molecule has 2 aliphatic rings. The lowest BCUT2D eigenvalue weighted by atomic mass is 9.87. The van der Waals surface area contributed by atoms with Crippen LogP contribution < -0.4 is 15.1 Å². The number of fused-ring (bicyclic) bond motifs is 1. The minimum atomic E-state index is -3.19. The number of piperazine rings is 1. The van der Waals surface area contributed by atoms with Gasteiger partial charge in [-0.2, -0.15) is 5.10 Å². The van der Waals surface area contributed by atoms with E-state index in [0.717, 1.165) is 67.1 Å². The van der Waals surface area contributed by atoms with Gasteiger partial charge in [0.2, 0.25) is 0 Å². The average molecular weight is 520 g/mol. The summed E-state index contributed by atoms with van der Waals surface area (Å²) in [5.74, 6) is 1.00. The minimum Gasteiger partial charge on any atom is -0.368 e. The predicted molar refractivity (Wildman–Crippen MR) is 147 cm³/mol. The summed E-state index contributed by atoms with van der Waals surface area (Å²) in [7, 11) is 0.795. The van der Waals surface area contributed by atoms with Crippen LogP contribution in [-0.2, 0) is 16.9 Å². The largest absolute Gasteiger partial charge is 0.368 e. The zero-order valence-corrected chi connectivity index (χ0v) is 22.3. The van der Waals surface area contributed by atoms with E-state index in [-0.39, 0.29) is 0 Å². The maximum atomic E-state index is 11.8. The molecule has 1 aliphatic heterocycles. The summed E-state index contributed by atoms with van der Waals surface area (Å²) in [5.41, 5.74) is 4.38. The second kappa shape index (κ2) is 9.18. The van der Waals surface area contributed by atoms with Gasteiger partial charge in [0.25, 0.3) is 0 Å². The number of hydrogen-bond acceptors (Lipinski definition) is 7. The fourth-order valence-electron chi connectivity index (χ4n) is 5.51. The van der Waals surface area contributed by atoms with Gasteiger partial charge in [-0.15, -0.1) is 0 Å². The highest BCUT2D eigenvalue weighted by Gasteiger charge is 2.31. The van der Waals surface area contributed by atoms with Crippen LogP contribution in [0.2, 0.25) is 0 Å². The molecule has 1 saturated heterocycles. The smallest absolute Gasteiger partial charge is 0.175 e. The second-order valence-corrected chi connectivity index (χ2v) is 12.3. The van der Waals surface area contributed by atoms with Gasteiger partial charge in [0.05, 0.1) is 11.1 Å². The average Bonchev–Trinajstić information content (AvgIpc) is 3.46. The quantitative estimate of drug-likeness (QED) is 0.419. The van der Waals surface area contributed by atoms with Gasteiger partial charge in [0.15, 0.2) is 9.84 Å². The second-order valence-electron chi connectivity index (χ2n) is 10.2. The molecule has 0 amide bonds. The third-order valence-corrected chi connectivity index (χ3v) is 8.96. The van der Waals surface area contributed by atoms with E-state index in [4.69, 9.17) is 4.98 Å². The topological polar surface area (TPSA) is 88.3 Å². The molecule has 4 aromatic rings. The number of benzene rings is 1. The van der Waals surface area contributed by atoms with Crippen molar-refractivity contribution in [3.63, 3.8) is 0 Å². The van der Waals surface area contributed by atoms with Crippen molar-refractivity contribution in [3.05, 3.63) is 55.0 Å². The molecule has 10 heteroatoms. The first kappa shape index (κ1) is 24.0.